The fraction of sp³-hybridized carbons (Fsp3) is 0.333. The van der Waals surface area contributed by atoms with Gasteiger partial charge in [-0.05, 0) is 40.4 Å². The number of anilines is 1. The number of benzene rings is 1. The van der Waals surface area contributed by atoms with E-state index in [1.54, 1.807) is 6.20 Å². The molecule has 20 heavy (non-hydrogen) atoms. The third kappa shape index (κ3) is 2.26. The van der Waals surface area contributed by atoms with E-state index in [2.05, 4.69) is 50.6 Å². The van der Waals surface area contributed by atoms with Gasteiger partial charge in [0.2, 0.25) is 0 Å². The Hall–Kier alpha value is -1.62. The molecule has 5 heteroatoms. The topological polar surface area (TPSA) is 46.9 Å². The Morgan fingerprint density at radius 2 is 2.25 bits per heavy atom. The van der Waals surface area contributed by atoms with Crippen molar-refractivity contribution in [1.29, 1.82) is 0 Å². The molecule has 1 aliphatic carbocycles. The molecule has 1 unspecified atom stereocenters. The number of rotatable bonds is 4. The van der Waals surface area contributed by atoms with Gasteiger partial charge in [0.25, 0.3) is 5.56 Å². The molecule has 1 aromatic carbocycles. The SMILES string of the molecule is CCn1ncc(NCC2Cc3ccccc32)c(Br)c1=O. The lowest BCUT2D eigenvalue weighted by Crippen LogP contribution is -2.27. The summed E-state index contributed by atoms with van der Waals surface area (Å²) >= 11 is 3.36. The van der Waals surface area contributed by atoms with Gasteiger partial charge in [-0.2, -0.15) is 5.10 Å². The van der Waals surface area contributed by atoms with Crippen LogP contribution < -0.4 is 10.9 Å². The fourth-order valence-electron chi connectivity index (χ4n) is 2.59. The lowest BCUT2D eigenvalue weighted by molar-refractivity contribution is 0.609. The van der Waals surface area contributed by atoms with Gasteiger partial charge in [-0.25, -0.2) is 4.68 Å². The first-order valence-electron chi connectivity index (χ1n) is 6.78. The lowest BCUT2D eigenvalue weighted by atomic mass is 9.77. The molecule has 3 rings (SSSR count). The van der Waals surface area contributed by atoms with E-state index >= 15 is 0 Å². The molecule has 1 atom stereocenters. The van der Waals surface area contributed by atoms with Crippen molar-refractivity contribution in [3.05, 3.63) is 56.4 Å². The second kappa shape index (κ2) is 5.40. The van der Waals surface area contributed by atoms with Gasteiger partial charge in [0.1, 0.15) is 4.47 Å². The molecular weight excluding hydrogens is 318 g/mol. The predicted octanol–water partition coefficient (Wildman–Crippen LogP) is 2.78. The molecule has 2 aromatic rings. The van der Waals surface area contributed by atoms with E-state index < -0.39 is 0 Å². The quantitative estimate of drug-likeness (QED) is 0.935. The van der Waals surface area contributed by atoms with Crippen LogP contribution in [0.4, 0.5) is 5.69 Å². The van der Waals surface area contributed by atoms with Gasteiger partial charge in [0, 0.05) is 19.0 Å². The fourth-order valence-corrected chi connectivity index (χ4v) is 3.04. The Kier molecular flexibility index (Phi) is 3.61. The van der Waals surface area contributed by atoms with Crippen LogP contribution in [0, 0.1) is 0 Å². The summed E-state index contributed by atoms with van der Waals surface area (Å²) in [6.45, 7) is 3.31. The molecule has 0 saturated heterocycles. The highest BCUT2D eigenvalue weighted by Crippen LogP contribution is 2.34. The van der Waals surface area contributed by atoms with Crippen molar-refractivity contribution >= 4 is 21.6 Å². The van der Waals surface area contributed by atoms with Gasteiger partial charge in [0.15, 0.2) is 0 Å². The number of hydrogen-bond acceptors (Lipinski definition) is 3. The highest BCUT2D eigenvalue weighted by Gasteiger charge is 2.25. The van der Waals surface area contributed by atoms with Crippen molar-refractivity contribution in [1.82, 2.24) is 9.78 Å². The lowest BCUT2D eigenvalue weighted by Gasteiger charge is -2.30. The maximum atomic E-state index is 12.0. The highest BCUT2D eigenvalue weighted by atomic mass is 79.9. The summed E-state index contributed by atoms with van der Waals surface area (Å²) in [7, 11) is 0. The van der Waals surface area contributed by atoms with E-state index in [4.69, 9.17) is 0 Å². The average Bonchev–Trinajstić information content (AvgIpc) is 2.44. The second-order valence-electron chi connectivity index (χ2n) is 4.97. The molecular formula is C15H16BrN3O. The third-order valence-electron chi connectivity index (χ3n) is 3.78. The summed E-state index contributed by atoms with van der Waals surface area (Å²) in [6, 6.07) is 8.50. The van der Waals surface area contributed by atoms with E-state index in [-0.39, 0.29) is 5.56 Å². The van der Waals surface area contributed by atoms with Crippen LogP contribution in [0.3, 0.4) is 0 Å². The van der Waals surface area contributed by atoms with E-state index in [1.807, 2.05) is 6.92 Å². The van der Waals surface area contributed by atoms with Crippen molar-refractivity contribution in [3.63, 3.8) is 0 Å². The first-order chi connectivity index (χ1) is 9.70. The van der Waals surface area contributed by atoms with Crippen LogP contribution in [0.1, 0.15) is 24.0 Å². The van der Waals surface area contributed by atoms with Gasteiger partial charge >= 0.3 is 0 Å². The molecule has 0 spiro atoms. The third-order valence-corrected chi connectivity index (χ3v) is 4.55. The van der Waals surface area contributed by atoms with Crippen LogP contribution in [0.5, 0.6) is 0 Å². The summed E-state index contributed by atoms with van der Waals surface area (Å²) in [6.07, 6.45) is 2.81. The summed E-state index contributed by atoms with van der Waals surface area (Å²) in [5.41, 5.74) is 3.51. The summed E-state index contributed by atoms with van der Waals surface area (Å²) in [4.78, 5) is 12.0. The second-order valence-corrected chi connectivity index (χ2v) is 5.77. The van der Waals surface area contributed by atoms with Crippen molar-refractivity contribution in [2.45, 2.75) is 25.8 Å². The minimum atomic E-state index is -0.0912. The molecule has 0 radical (unpaired) electrons. The van der Waals surface area contributed by atoms with Gasteiger partial charge in [-0.15, -0.1) is 0 Å². The number of aromatic nitrogens is 2. The predicted molar refractivity (Wildman–Crippen MR) is 83.2 cm³/mol. The van der Waals surface area contributed by atoms with Crippen molar-refractivity contribution in [2.75, 3.05) is 11.9 Å². The minimum absolute atomic E-state index is 0.0912. The van der Waals surface area contributed by atoms with Crippen LogP contribution in [0.25, 0.3) is 0 Å². The molecule has 1 aromatic heterocycles. The van der Waals surface area contributed by atoms with Gasteiger partial charge in [0.05, 0.1) is 11.9 Å². The van der Waals surface area contributed by atoms with Crippen LogP contribution in [-0.4, -0.2) is 16.3 Å². The standard InChI is InChI=1S/C15H16BrN3O/c1-2-19-15(20)14(16)13(9-18-19)17-8-11-7-10-5-3-4-6-12(10)11/h3-6,9,11,17H,2,7-8H2,1H3. The van der Waals surface area contributed by atoms with Gasteiger partial charge in [-0.3, -0.25) is 4.79 Å². The van der Waals surface area contributed by atoms with Crippen molar-refractivity contribution < 1.29 is 0 Å². The molecule has 104 valence electrons. The maximum absolute atomic E-state index is 12.0. The summed E-state index contributed by atoms with van der Waals surface area (Å²) in [5.74, 6) is 0.520. The van der Waals surface area contributed by atoms with E-state index in [9.17, 15) is 4.79 Å². The average molecular weight is 334 g/mol. The first-order valence-corrected chi connectivity index (χ1v) is 7.57. The van der Waals surface area contributed by atoms with E-state index in [0.29, 0.717) is 16.9 Å². The zero-order valence-electron chi connectivity index (χ0n) is 11.3. The van der Waals surface area contributed by atoms with Crippen LogP contribution >= 0.6 is 15.9 Å². The monoisotopic (exact) mass is 333 g/mol. The van der Waals surface area contributed by atoms with E-state index in [1.165, 1.54) is 15.8 Å². The Bertz CT molecular complexity index is 696. The van der Waals surface area contributed by atoms with Crippen molar-refractivity contribution in [3.8, 4) is 0 Å². The van der Waals surface area contributed by atoms with Crippen LogP contribution in [0.2, 0.25) is 0 Å². The molecule has 0 bridgehead atoms. The molecule has 0 aliphatic heterocycles. The highest BCUT2D eigenvalue weighted by molar-refractivity contribution is 9.10. The number of hydrogen-bond donors (Lipinski definition) is 1. The number of aryl methyl sites for hydroxylation is 1. The van der Waals surface area contributed by atoms with Crippen LogP contribution in [-0.2, 0) is 13.0 Å². The zero-order chi connectivity index (χ0) is 14.1. The molecule has 0 saturated carbocycles. The Labute approximate surface area is 126 Å². The number of nitrogens with zero attached hydrogens (tertiary/aromatic N) is 2. The number of halogens is 1. The zero-order valence-corrected chi connectivity index (χ0v) is 12.9. The smallest absolute Gasteiger partial charge is 0.283 e. The van der Waals surface area contributed by atoms with Gasteiger partial charge in [-0.1, -0.05) is 24.3 Å². The summed E-state index contributed by atoms with van der Waals surface area (Å²) in [5, 5.41) is 7.46. The molecule has 4 nitrogen and oxygen atoms in total. The maximum Gasteiger partial charge on any atom is 0.283 e. The molecule has 1 heterocycles. The van der Waals surface area contributed by atoms with Gasteiger partial charge < -0.3 is 5.32 Å². The van der Waals surface area contributed by atoms with E-state index in [0.717, 1.165) is 18.7 Å². The normalized spacial score (nSPS) is 16.4. The summed E-state index contributed by atoms with van der Waals surface area (Å²) < 4.78 is 2.00. The van der Waals surface area contributed by atoms with Crippen LogP contribution in [0.15, 0.2) is 39.7 Å². The number of fused-ring (bicyclic) bond motifs is 1. The largest absolute Gasteiger partial charge is 0.382 e. The first kappa shape index (κ1) is 13.4. The molecule has 1 N–H and O–H groups in total. The van der Waals surface area contributed by atoms with Crippen molar-refractivity contribution in [2.24, 2.45) is 0 Å². The molecule has 0 amide bonds. The molecule has 0 fully saturated rings. The molecule has 1 aliphatic rings. The minimum Gasteiger partial charge on any atom is -0.382 e. The Balaban J connectivity index is 1.72. The Morgan fingerprint density at radius 3 is 3.00 bits per heavy atom. The number of nitrogens with one attached hydrogen (secondary N) is 1. The Morgan fingerprint density at radius 1 is 1.45 bits per heavy atom.